The lowest BCUT2D eigenvalue weighted by Crippen LogP contribution is -1.97. The lowest BCUT2D eigenvalue weighted by molar-refractivity contribution is 0.664. The second-order valence-electron chi connectivity index (χ2n) is 10.7. The van der Waals surface area contributed by atoms with Gasteiger partial charge in [-0.2, -0.15) is 0 Å². The van der Waals surface area contributed by atoms with E-state index in [0.29, 0.717) is 11.4 Å². The topological polar surface area (TPSA) is 39.9 Å². The Morgan fingerprint density at radius 1 is 0.465 bits per heavy atom. The van der Waals surface area contributed by atoms with E-state index in [1.165, 1.54) is 10.8 Å². The summed E-state index contributed by atoms with van der Waals surface area (Å²) in [5.41, 5.74) is 9.37. The molecular weight excluding hydrogens is 530 g/mol. The van der Waals surface area contributed by atoms with Crippen molar-refractivity contribution in [2.45, 2.75) is 0 Å². The molecule has 0 spiro atoms. The standard InChI is InChI=1S/C38H19N3O2/c1-39-23-12-14-34(41-32-9-5-3-7-25(32)26-8-4-6-10-33(26)41)27(18-23)22-11-15-35-28(17-22)30-20-38-31(21-37(30)42-35)29-19-24(40-2)13-16-36(29)43-38/h3-21H. The summed E-state index contributed by atoms with van der Waals surface area (Å²) in [7, 11) is 0. The molecule has 0 atom stereocenters. The number of furan rings is 2. The first-order valence-electron chi connectivity index (χ1n) is 13.9. The Labute approximate surface area is 245 Å². The van der Waals surface area contributed by atoms with Gasteiger partial charge in [0.2, 0.25) is 0 Å². The Morgan fingerprint density at radius 3 is 1.65 bits per heavy atom. The quantitative estimate of drug-likeness (QED) is 0.201. The van der Waals surface area contributed by atoms with E-state index in [2.05, 4.69) is 81.0 Å². The molecule has 0 aliphatic heterocycles. The molecule has 0 aliphatic rings. The molecular formula is C38H19N3O2. The van der Waals surface area contributed by atoms with Crippen LogP contribution < -0.4 is 0 Å². The minimum atomic E-state index is 0.574. The molecule has 0 saturated heterocycles. The van der Waals surface area contributed by atoms with Crippen molar-refractivity contribution in [3.63, 3.8) is 0 Å². The lowest BCUT2D eigenvalue weighted by atomic mass is 9.99. The maximum absolute atomic E-state index is 7.75. The first kappa shape index (κ1) is 23.4. The third-order valence-electron chi connectivity index (χ3n) is 8.41. The predicted molar refractivity (Wildman–Crippen MR) is 173 cm³/mol. The van der Waals surface area contributed by atoms with Gasteiger partial charge >= 0.3 is 0 Å². The van der Waals surface area contributed by atoms with Crippen LogP contribution in [0.4, 0.5) is 11.4 Å². The van der Waals surface area contributed by atoms with E-state index < -0.39 is 0 Å². The van der Waals surface area contributed by atoms with Crippen LogP contribution in [0.5, 0.6) is 0 Å². The second-order valence-corrected chi connectivity index (χ2v) is 10.7. The first-order chi connectivity index (χ1) is 21.2. The molecule has 9 aromatic rings. The normalized spacial score (nSPS) is 11.7. The van der Waals surface area contributed by atoms with Crippen molar-refractivity contribution in [1.29, 1.82) is 0 Å². The average molecular weight is 550 g/mol. The van der Waals surface area contributed by atoms with E-state index in [1.807, 2.05) is 42.5 Å². The van der Waals surface area contributed by atoms with Crippen LogP contribution in [0.2, 0.25) is 0 Å². The summed E-state index contributed by atoms with van der Waals surface area (Å²) in [6, 6.07) is 38.5. The summed E-state index contributed by atoms with van der Waals surface area (Å²) in [5, 5.41) is 6.12. The minimum absolute atomic E-state index is 0.574. The number of hydrogen-bond donors (Lipinski definition) is 0. The van der Waals surface area contributed by atoms with Crippen molar-refractivity contribution < 1.29 is 8.83 Å². The van der Waals surface area contributed by atoms with Gasteiger partial charge in [-0.3, -0.25) is 0 Å². The molecule has 3 aromatic heterocycles. The zero-order chi connectivity index (χ0) is 28.7. The number of aromatic nitrogens is 1. The fourth-order valence-electron chi connectivity index (χ4n) is 6.47. The number of fused-ring (bicyclic) bond motifs is 9. The second kappa shape index (κ2) is 8.60. The van der Waals surface area contributed by atoms with E-state index in [4.69, 9.17) is 22.0 Å². The fraction of sp³-hybridized carbons (Fsp3) is 0. The van der Waals surface area contributed by atoms with Gasteiger partial charge in [0.25, 0.3) is 0 Å². The molecule has 5 nitrogen and oxygen atoms in total. The summed E-state index contributed by atoms with van der Waals surface area (Å²) < 4.78 is 14.8. The third-order valence-corrected chi connectivity index (χ3v) is 8.41. The predicted octanol–water partition coefficient (Wildman–Crippen LogP) is 11.4. The van der Waals surface area contributed by atoms with Gasteiger partial charge in [0, 0.05) is 32.3 Å². The van der Waals surface area contributed by atoms with Gasteiger partial charge in [-0.1, -0.05) is 54.6 Å². The van der Waals surface area contributed by atoms with Crippen molar-refractivity contribution in [3.8, 4) is 16.8 Å². The van der Waals surface area contributed by atoms with E-state index >= 15 is 0 Å². The summed E-state index contributed by atoms with van der Waals surface area (Å²) in [6.45, 7) is 15.1. The molecule has 43 heavy (non-hydrogen) atoms. The van der Waals surface area contributed by atoms with Gasteiger partial charge in [0.1, 0.15) is 22.3 Å². The van der Waals surface area contributed by atoms with Crippen LogP contribution in [0.15, 0.2) is 124 Å². The summed E-state index contributed by atoms with van der Waals surface area (Å²) in [4.78, 5) is 7.34. The molecule has 6 aromatic carbocycles. The van der Waals surface area contributed by atoms with Crippen molar-refractivity contribution in [1.82, 2.24) is 4.57 Å². The zero-order valence-corrected chi connectivity index (χ0v) is 22.6. The van der Waals surface area contributed by atoms with Crippen LogP contribution in [0.1, 0.15) is 0 Å². The zero-order valence-electron chi connectivity index (χ0n) is 22.6. The Bertz CT molecular complexity index is 2650. The van der Waals surface area contributed by atoms with Crippen LogP contribution in [-0.4, -0.2) is 4.57 Å². The Morgan fingerprint density at radius 2 is 1.00 bits per heavy atom. The van der Waals surface area contributed by atoms with E-state index in [0.717, 1.165) is 71.7 Å². The van der Waals surface area contributed by atoms with Gasteiger partial charge in [0.15, 0.2) is 11.4 Å². The highest BCUT2D eigenvalue weighted by atomic mass is 16.3. The Balaban J connectivity index is 1.31. The molecule has 3 heterocycles. The van der Waals surface area contributed by atoms with Gasteiger partial charge < -0.3 is 13.4 Å². The number of para-hydroxylation sites is 2. The summed E-state index contributed by atoms with van der Waals surface area (Å²) in [6.07, 6.45) is 0. The maximum Gasteiger partial charge on any atom is 0.188 e. The molecule has 0 N–H and O–H groups in total. The molecule has 0 aliphatic carbocycles. The smallest absolute Gasteiger partial charge is 0.188 e. The largest absolute Gasteiger partial charge is 0.456 e. The molecule has 0 amide bonds. The van der Waals surface area contributed by atoms with Crippen molar-refractivity contribution in [3.05, 3.63) is 138 Å². The highest BCUT2D eigenvalue weighted by Gasteiger charge is 2.18. The molecule has 0 unspecified atom stereocenters. The number of hydrogen-bond acceptors (Lipinski definition) is 2. The average Bonchev–Trinajstić information content (AvgIpc) is 3.71. The molecule has 198 valence electrons. The first-order valence-corrected chi connectivity index (χ1v) is 13.9. The molecule has 0 bridgehead atoms. The maximum atomic E-state index is 7.75. The molecule has 0 saturated carbocycles. The lowest BCUT2D eigenvalue weighted by Gasteiger charge is -2.15. The SMILES string of the molecule is [C-]#[N+]c1ccc(-n2c3ccccc3c3ccccc32)c(-c2ccc3oc4cc5c(cc4c3c2)oc2ccc([N+]#[C-])cc25)c1. The molecule has 9 rings (SSSR count). The van der Waals surface area contributed by atoms with Crippen LogP contribution in [-0.2, 0) is 0 Å². The Kier molecular flexibility index (Phi) is 4.68. The minimum Gasteiger partial charge on any atom is -0.456 e. The van der Waals surface area contributed by atoms with Crippen molar-refractivity contribution in [2.24, 2.45) is 0 Å². The van der Waals surface area contributed by atoms with Crippen LogP contribution in [0.3, 0.4) is 0 Å². The van der Waals surface area contributed by atoms with Crippen LogP contribution >= 0.6 is 0 Å². The van der Waals surface area contributed by atoms with E-state index in [9.17, 15) is 0 Å². The number of rotatable bonds is 2. The number of nitrogens with zero attached hydrogens (tertiary/aromatic N) is 3. The molecule has 0 radical (unpaired) electrons. The van der Waals surface area contributed by atoms with Crippen molar-refractivity contribution >= 4 is 77.1 Å². The fourth-order valence-corrected chi connectivity index (χ4v) is 6.47. The Hall–Kier alpha value is -6.30. The molecule has 0 fully saturated rings. The highest BCUT2D eigenvalue weighted by molar-refractivity contribution is 6.16. The number of benzene rings is 6. The monoisotopic (exact) mass is 549 g/mol. The van der Waals surface area contributed by atoms with Gasteiger partial charge in [-0.05, 0) is 71.8 Å². The van der Waals surface area contributed by atoms with Crippen LogP contribution in [0.25, 0.3) is 92.2 Å². The van der Waals surface area contributed by atoms with Crippen LogP contribution in [0, 0.1) is 13.1 Å². The van der Waals surface area contributed by atoms with Gasteiger partial charge in [0.05, 0.1) is 29.9 Å². The van der Waals surface area contributed by atoms with Gasteiger partial charge in [-0.25, -0.2) is 9.69 Å². The van der Waals surface area contributed by atoms with Crippen molar-refractivity contribution in [2.75, 3.05) is 0 Å². The van der Waals surface area contributed by atoms with Gasteiger partial charge in [-0.15, -0.1) is 0 Å². The molecule has 5 heteroatoms. The van der Waals surface area contributed by atoms with E-state index in [1.54, 1.807) is 6.07 Å². The third kappa shape index (κ3) is 3.31. The highest BCUT2D eigenvalue weighted by Crippen LogP contribution is 2.41. The summed E-state index contributed by atoms with van der Waals surface area (Å²) >= 11 is 0. The van der Waals surface area contributed by atoms with E-state index in [-0.39, 0.29) is 0 Å². The summed E-state index contributed by atoms with van der Waals surface area (Å²) in [5.74, 6) is 0.